The summed E-state index contributed by atoms with van der Waals surface area (Å²) in [4.78, 5) is 17.7. The van der Waals surface area contributed by atoms with Crippen LogP contribution in [-0.4, -0.2) is 21.6 Å². The lowest BCUT2D eigenvalue weighted by Crippen LogP contribution is -2.36. The number of hydrogen-bond acceptors (Lipinski definition) is 3. The summed E-state index contributed by atoms with van der Waals surface area (Å²) in [6.45, 7) is 13.4. The van der Waals surface area contributed by atoms with Crippen molar-refractivity contribution in [3.63, 3.8) is 0 Å². The van der Waals surface area contributed by atoms with E-state index in [2.05, 4.69) is 29.6 Å². The van der Waals surface area contributed by atoms with Gasteiger partial charge >= 0.3 is 0 Å². The van der Waals surface area contributed by atoms with E-state index >= 15 is 0 Å². The van der Waals surface area contributed by atoms with Gasteiger partial charge in [0.25, 0.3) is 5.91 Å². The second-order valence-electron chi connectivity index (χ2n) is 7.95. The molecule has 0 aliphatic carbocycles. The summed E-state index contributed by atoms with van der Waals surface area (Å²) < 4.78 is 1.97. The lowest BCUT2D eigenvalue weighted by atomic mass is 10.1. The van der Waals surface area contributed by atoms with Gasteiger partial charge in [-0.2, -0.15) is 5.10 Å². The van der Waals surface area contributed by atoms with Gasteiger partial charge in [0.05, 0.1) is 12.2 Å². The Labute approximate surface area is 184 Å². The number of aryl methyl sites for hydroxylation is 5. The lowest BCUT2D eigenvalue weighted by molar-refractivity contribution is 0.0976. The van der Waals surface area contributed by atoms with Crippen molar-refractivity contribution in [1.29, 1.82) is 0 Å². The lowest BCUT2D eigenvalue weighted by Gasteiger charge is -2.13. The van der Waals surface area contributed by atoms with Crippen molar-refractivity contribution >= 4 is 17.6 Å². The molecule has 0 aliphatic heterocycles. The maximum atomic E-state index is 13.0. The number of rotatable bonds is 5. The molecule has 1 aromatic heterocycles. The van der Waals surface area contributed by atoms with Gasteiger partial charge in [0, 0.05) is 29.1 Å². The fourth-order valence-corrected chi connectivity index (χ4v) is 3.60. The van der Waals surface area contributed by atoms with Gasteiger partial charge in [-0.05, 0) is 65.8 Å². The first-order chi connectivity index (χ1) is 14.8. The second-order valence-corrected chi connectivity index (χ2v) is 7.95. The van der Waals surface area contributed by atoms with Crippen LogP contribution < -0.4 is 10.6 Å². The van der Waals surface area contributed by atoms with Crippen LogP contribution in [0.25, 0.3) is 0 Å². The minimum absolute atomic E-state index is 0.192. The molecule has 1 amide bonds. The Morgan fingerprint density at radius 2 is 1.61 bits per heavy atom. The third-order valence-corrected chi connectivity index (χ3v) is 5.26. The number of nitrogens with zero attached hydrogens (tertiary/aromatic N) is 3. The highest BCUT2D eigenvalue weighted by molar-refractivity contribution is 6.10. The quantitative estimate of drug-likeness (QED) is 0.461. The number of carbonyl (C=O) groups excluding carboxylic acids is 1. The van der Waals surface area contributed by atoms with Gasteiger partial charge in [-0.25, -0.2) is 4.99 Å². The first kappa shape index (κ1) is 22.3. The van der Waals surface area contributed by atoms with E-state index in [0.717, 1.165) is 40.3 Å². The molecule has 0 saturated carbocycles. The van der Waals surface area contributed by atoms with Crippen LogP contribution in [0.15, 0.2) is 47.5 Å². The Morgan fingerprint density at radius 3 is 2.19 bits per heavy atom. The maximum absolute atomic E-state index is 13.0. The molecule has 3 aromatic rings. The van der Waals surface area contributed by atoms with Crippen LogP contribution in [0, 0.1) is 34.6 Å². The molecule has 0 atom stereocenters. The number of carbonyl (C=O) groups is 1. The van der Waals surface area contributed by atoms with Gasteiger partial charge in [0.2, 0.25) is 5.96 Å². The van der Waals surface area contributed by atoms with E-state index in [1.165, 1.54) is 5.56 Å². The van der Waals surface area contributed by atoms with Crippen molar-refractivity contribution in [3.8, 4) is 0 Å². The molecule has 6 nitrogen and oxygen atoms in total. The van der Waals surface area contributed by atoms with Crippen molar-refractivity contribution in [2.24, 2.45) is 4.99 Å². The fourth-order valence-electron chi connectivity index (χ4n) is 3.60. The van der Waals surface area contributed by atoms with Crippen LogP contribution in [0.5, 0.6) is 0 Å². The summed E-state index contributed by atoms with van der Waals surface area (Å²) in [5, 5.41) is 10.8. The third kappa shape index (κ3) is 5.60. The number of aromatic nitrogens is 2. The van der Waals surface area contributed by atoms with Crippen LogP contribution in [0.2, 0.25) is 0 Å². The molecular weight excluding hydrogens is 386 g/mol. The average molecular weight is 418 g/mol. The molecule has 6 heteroatoms. The normalized spacial score (nSPS) is 11.5. The van der Waals surface area contributed by atoms with Crippen LogP contribution in [0.1, 0.15) is 50.9 Å². The van der Waals surface area contributed by atoms with E-state index in [4.69, 9.17) is 4.99 Å². The van der Waals surface area contributed by atoms with Gasteiger partial charge in [-0.15, -0.1) is 0 Å². The van der Waals surface area contributed by atoms with E-state index in [1.54, 1.807) is 0 Å². The largest absolute Gasteiger partial charge is 0.326 e. The first-order valence-electron chi connectivity index (χ1n) is 10.6. The molecule has 0 spiro atoms. The fraction of sp³-hybridized carbons (Fsp3) is 0.320. The van der Waals surface area contributed by atoms with Crippen molar-refractivity contribution in [2.75, 3.05) is 5.32 Å². The highest BCUT2D eigenvalue weighted by atomic mass is 16.1. The van der Waals surface area contributed by atoms with Crippen LogP contribution in [-0.2, 0) is 13.1 Å². The summed E-state index contributed by atoms with van der Waals surface area (Å²) in [6.07, 6.45) is 0. The van der Waals surface area contributed by atoms with Gasteiger partial charge < -0.3 is 5.32 Å². The molecule has 162 valence electrons. The maximum Gasteiger partial charge on any atom is 0.257 e. The van der Waals surface area contributed by atoms with Crippen LogP contribution in [0.4, 0.5) is 5.69 Å². The van der Waals surface area contributed by atoms with Crippen molar-refractivity contribution in [2.45, 2.75) is 54.6 Å². The minimum atomic E-state index is -0.192. The average Bonchev–Trinajstić information content (AvgIpc) is 3.00. The number of amides is 1. The van der Waals surface area contributed by atoms with E-state index in [1.807, 2.05) is 74.8 Å². The molecule has 31 heavy (non-hydrogen) atoms. The first-order valence-corrected chi connectivity index (χ1v) is 10.6. The zero-order chi connectivity index (χ0) is 22.5. The van der Waals surface area contributed by atoms with Gasteiger partial charge in [0.15, 0.2) is 0 Å². The Hall–Kier alpha value is -3.41. The molecule has 2 aromatic carbocycles. The summed E-state index contributed by atoms with van der Waals surface area (Å²) in [5.74, 6) is 0.221. The molecule has 0 radical (unpaired) electrons. The molecule has 0 fully saturated rings. The molecule has 3 rings (SSSR count). The summed E-state index contributed by atoms with van der Waals surface area (Å²) in [5.41, 5.74) is 7.87. The summed E-state index contributed by atoms with van der Waals surface area (Å²) in [6, 6.07) is 13.8. The third-order valence-electron chi connectivity index (χ3n) is 5.26. The zero-order valence-corrected chi connectivity index (χ0v) is 19.2. The van der Waals surface area contributed by atoms with Gasteiger partial charge in [-0.1, -0.05) is 34.9 Å². The summed E-state index contributed by atoms with van der Waals surface area (Å²) >= 11 is 0. The van der Waals surface area contributed by atoms with E-state index in [0.29, 0.717) is 18.1 Å². The number of anilines is 1. The van der Waals surface area contributed by atoms with E-state index < -0.39 is 0 Å². The Balaban J connectivity index is 1.88. The summed E-state index contributed by atoms with van der Waals surface area (Å²) in [7, 11) is 0. The number of guanidine groups is 1. The number of benzene rings is 2. The molecule has 2 N–H and O–H groups in total. The monoisotopic (exact) mass is 417 g/mol. The Morgan fingerprint density at radius 1 is 0.968 bits per heavy atom. The second kappa shape index (κ2) is 9.60. The molecule has 0 saturated heterocycles. The van der Waals surface area contributed by atoms with Crippen LogP contribution >= 0.6 is 0 Å². The SMILES string of the molecule is CCn1nc(C)c(CN=C(NC(=O)c2cc(C)cc(C)c2)Nc2ccc(C)cc2)c1C. The predicted molar refractivity (Wildman–Crippen MR) is 127 cm³/mol. The molecule has 0 aliphatic rings. The van der Waals surface area contributed by atoms with E-state index in [-0.39, 0.29) is 5.91 Å². The van der Waals surface area contributed by atoms with Gasteiger partial charge in [-0.3, -0.25) is 14.8 Å². The topological polar surface area (TPSA) is 71.3 Å². The van der Waals surface area contributed by atoms with Crippen molar-refractivity contribution < 1.29 is 4.79 Å². The van der Waals surface area contributed by atoms with Crippen LogP contribution in [0.3, 0.4) is 0 Å². The highest BCUT2D eigenvalue weighted by Crippen LogP contribution is 2.15. The van der Waals surface area contributed by atoms with Gasteiger partial charge in [0.1, 0.15) is 0 Å². The zero-order valence-electron chi connectivity index (χ0n) is 19.2. The minimum Gasteiger partial charge on any atom is -0.326 e. The molecule has 0 bridgehead atoms. The smallest absolute Gasteiger partial charge is 0.257 e. The Kier molecular flexibility index (Phi) is 6.90. The van der Waals surface area contributed by atoms with Crippen molar-refractivity contribution in [3.05, 3.63) is 81.7 Å². The molecule has 1 heterocycles. The Bertz CT molecular complexity index is 1090. The molecular formula is C25H31N5O. The standard InChI is InChI=1S/C25H31N5O/c1-7-30-20(6)23(19(5)29-30)15-26-25(27-22-10-8-16(2)9-11-22)28-24(31)21-13-17(3)12-18(4)14-21/h8-14H,7,15H2,1-6H3,(H2,26,27,28,31). The number of hydrogen-bond donors (Lipinski definition) is 2. The predicted octanol–water partition coefficient (Wildman–Crippen LogP) is 4.84. The van der Waals surface area contributed by atoms with E-state index in [9.17, 15) is 4.79 Å². The molecule has 0 unspecified atom stereocenters. The number of nitrogens with one attached hydrogen (secondary N) is 2. The highest BCUT2D eigenvalue weighted by Gasteiger charge is 2.13. The number of aliphatic imine (C=N–C) groups is 1. The van der Waals surface area contributed by atoms with Crippen molar-refractivity contribution in [1.82, 2.24) is 15.1 Å².